The van der Waals surface area contributed by atoms with E-state index in [0.29, 0.717) is 5.57 Å². The van der Waals surface area contributed by atoms with E-state index in [1.807, 2.05) is 0 Å². The summed E-state index contributed by atoms with van der Waals surface area (Å²) in [4.78, 5) is 11.7. The maximum atomic E-state index is 11.7. The van der Waals surface area contributed by atoms with E-state index in [1.165, 1.54) is 88.3 Å². The second kappa shape index (κ2) is 16.2. The molecule has 0 aromatic heterocycles. The van der Waals surface area contributed by atoms with Gasteiger partial charge in [-0.05, 0) is 81.1 Å². The average Bonchev–Trinajstić information content (AvgIpc) is 2.95. The largest absolute Gasteiger partial charge is 0.462 e. The number of ether oxygens (including phenoxy) is 1. The summed E-state index contributed by atoms with van der Waals surface area (Å²) >= 11 is 0. The third kappa shape index (κ3) is 10.2. The Hall–Kier alpha value is -1.39. The minimum absolute atomic E-state index is 0.0106. The molecule has 220 valence electrons. The van der Waals surface area contributed by atoms with E-state index >= 15 is 0 Å². The maximum absolute atomic E-state index is 11.7. The van der Waals surface area contributed by atoms with Crippen LogP contribution in [0, 0.1) is 23.7 Å². The molecule has 39 heavy (non-hydrogen) atoms. The third-order valence-electron chi connectivity index (χ3n) is 10.2. The molecule has 2 aliphatic carbocycles. The van der Waals surface area contributed by atoms with Gasteiger partial charge in [0.15, 0.2) is 0 Å². The van der Waals surface area contributed by atoms with Crippen LogP contribution >= 0.6 is 0 Å². The van der Waals surface area contributed by atoms with Crippen molar-refractivity contribution in [2.45, 2.75) is 129 Å². The van der Waals surface area contributed by atoms with Crippen molar-refractivity contribution in [2.24, 2.45) is 23.7 Å². The average molecular weight is 555 g/mol. The minimum atomic E-state index is -1.55. The number of aliphatic hydroxyl groups is 1. The van der Waals surface area contributed by atoms with Gasteiger partial charge in [0.05, 0.1) is 14.7 Å². The van der Waals surface area contributed by atoms with Gasteiger partial charge in [-0.3, -0.25) is 0 Å². The first-order chi connectivity index (χ1) is 18.7. The van der Waals surface area contributed by atoms with Gasteiger partial charge in [0.1, 0.15) is 0 Å². The first kappa shape index (κ1) is 32.1. The van der Waals surface area contributed by atoms with E-state index in [9.17, 15) is 9.90 Å². The van der Waals surface area contributed by atoms with E-state index in [1.54, 1.807) is 12.5 Å². The highest BCUT2D eigenvalue weighted by atomic mass is 28.3. The summed E-state index contributed by atoms with van der Waals surface area (Å²) < 4.78 is 5.27. The number of carbonyl (C=O) groups is 1. The first-order valence-corrected chi connectivity index (χ1v) is 19.5. The minimum Gasteiger partial charge on any atom is -0.462 e. The van der Waals surface area contributed by atoms with Crippen molar-refractivity contribution >= 4 is 19.2 Å². The highest BCUT2D eigenvalue weighted by Crippen LogP contribution is 2.44. The van der Waals surface area contributed by atoms with E-state index in [0.717, 1.165) is 36.5 Å². The zero-order valence-corrected chi connectivity index (χ0v) is 26.7. The van der Waals surface area contributed by atoms with Crippen molar-refractivity contribution in [3.63, 3.8) is 0 Å². The Morgan fingerprint density at radius 2 is 1.59 bits per heavy atom. The molecular weight excluding hydrogens is 496 g/mol. The summed E-state index contributed by atoms with van der Waals surface area (Å²) in [5.41, 5.74) is 1.97. The number of rotatable bonds is 15. The fourth-order valence-corrected chi connectivity index (χ4v) is 9.73. The molecule has 1 N–H and O–H groups in total. The lowest BCUT2D eigenvalue weighted by Crippen LogP contribution is -2.41. The Kier molecular flexibility index (Phi) is 13.3. The number of hydrogen-bond donors (Lipinski definition) is 1. The molecule has 4 heteroatoms. The van der Waals surface area contributed by atoms with Gasteiger partial charge in [0, 0.05) is 18.1 Å². The number of aliphatic hydroxyl groups excluding tert-OH is 1. The van der Waals surface area contributed by atoms with E-state index in [4.69, 9.17) is 4.74 Å². The van der Waals surface area contributed by atoms with Crippen LogP contribution in [0.15, 0.2) is 36.4 Å². The van der Waals surface area contributed by atoms with Gasteiger partial charge in [-0.15, -0.1) is 0 Å². The van der Waals surface area contributed by atoms with Crippen LogP contribution in [0.2, 0.25) is 19.1 Å². The number of benzene rings is 1. The number of esters is 1. The Morgan fingerprint density at radius 3 is 2.15 bits per heavy atom. The molecule has 0 aliphatic heterocycles. The highest BCUT2D eigenvalue weighted by molar-refractivity contribution is 6.89. The summed E-state index contributed by atoms with van der Waals surface area (Å²) in [6.07, 6.45) is 19.3. The molecule has 0 radical (unpaired) electrons. The maximum Gasteiger partial charge on any atom is 0.333 e. The Bertz CT molecular complexity index is 860. The van der Waals surface area contributed by atoms with Gasteiger partial charge < -0.3 is 9.84 Å². The molecule has 2 aliphatic rings. The molecule has 2 saturated carbocycles. The summed E-state index contributed by atoms with van der Waals surface area (Å²) in [6, 6.07) is 10.9. The summed E-state index contributed by atoms with van der Waals surface area (Å²) in [6.45, 7) is 12.9. The zero-order valence-electron chi connectivity index (χ0n) is 25.7. The molecule has 0 spiro atoms. The van der Waals surface area contributed by atoms with Crippen LogP contribution in [-0.4, -0.2) is 32.4 Å². The predicted molar refractivity (Wildman–Crippen MR) is 168 cm³/mol. The van der Waals surface area contributed by atoms with Crippen LogP contribution in [0.3, 0.4) is 0 Å². The summed E-state index contributed by atoms with van der Waals surface area (Å²) in [7, 11) is -1.55. The monoisotopic (exact) mass is 554 g/mol. The van der Waals surface area contributed by atoms with Crippen molar-refractivity contribution in [1.82, 2.24) is 0 Å². The Balaban J connectivity index is 1.40. The van der Waals surface area contributed by atoms with Crippen molar-refractivity contribution < 1.29 is 14.6 Å². The highest BCUT2D eigenvalue weighted by Gasteiger charge is 2.31. The molecule has 0 bridgehead atoms. The molecule has 0 amide bonds. The van der Waals surface area contributed by atoms with E-state index in [-0.39, 0.29) is 25.1 Å². The van der Waals surface area contributed by atoms with Gasteiger partial charge in [0.2, 0.25) is 0 Å². The molecule has 0 saturated heterocycles. The second-order valence-electron chi connectivity index (χ2n) is 13.7. The fourth-order valence-electron chi connectivity index (χ4n) is 7.28. The number of hydrogen-bond acceptors (Lipinski definition) is 3. The van der Waals surface area contributed by atoms with Gasteiger partial charge in [0.25, 0.3) is 0 Å². The standard InChI is InChI=1S/C35H58O3Si/c1-6-7-8-10-28-12-14-30(15-13-28)31-16-18-32(19-17-31)33-20-22-34(23-21-33)39(4,5)24-9-11-29(25-36)26-38-35(37)27(2)3/h20-23,28-32,36H,2,6-19,24-26H2,1,3-5H3. The lowest BCUT2D eigenvalue weighted by Gasteiger charge is -2.38. The topological polar surface area (TPSA) is 46.5 Å². The normalized spacial score (nSPS) is 24.7. The van der Waals surface area contributed by atoms with Crippen molar-refractivity contribution in [3.8, 4) is 0 Å². The van der Waals surface area contributed by atoms with Gasteiger partial charge >= 0.3 is 5.97 Å². The molecule has 2 fully saturated rings. The smallest absolute Gasteiger partial charge is 0.333 e. The van der Waals surface area contributed by atoms with Crippen LogP contribution < -0.4 is 5.19 Å². The molecule has 1 unspecified atom stereocenters. The molecular formula is C35H58O3Si. The molecule has 3 rings (SSSR count). The molecule has 1 aromatic rings. The quantitative estimate of drug-likeness (QED) is 0.102. The third-order valence-corrected chi connectivity index (χ3v) is 13.7. The predicted octanol–water partition coefficient (Wildman–Crippen LogP) is 8.77. The number of carbonyl (C=O) groups excluding carboxylic acids is 1. The molecule has 0 heterocycles. The van der Waals surface area contributed by atoms with Gasteiger partial charge in [-0.1, -0.05) is 107 Å². The summed E-state index contributed by atoms with van der Waals surface area (Å²) in [5, 5.41) is 11.2. The lowest BCUT2D eigenvalue weighted by molar-refractivity contribution is -0.140. The van der Waals surface area contributed by atoms with Crippen LogP contribution in [-0.2, 0) is 9.53 Å². The lowest BCUT2D eigenvalue weighted by atomic mass is 9.68. The van der Waals surface area contributed by atoms with Gasteiger partial charge in [-0.25, -0.2) is 4.79 Å². The van der Waals surface area contributed by atoms with Crippen LogP contribution in [0.1, 0.15) is 115 Å². The zero-order chi connectivity index (χ0) is 28.3. The summed E-state index contributed by atoms with van der Waals surface area (Å²) in [5.74, 6) is 3.41. The number of unbranched alkanes of at least 4 members (excludes halogenated alkanes) is 2. The first-order valence-electron chi connectivity index (χ1n) is 16.3. The van der Waals surface area contributed by atoms with Crippen LogP contribution in [0.25, 0.3) is 0 Å². The van der Waals surface area contributed by atoms with Crippen molar-refractivity contribution in [2.75, 3.05) is 13.2 Å². The second-order valence-corrected chi connectivity index (χ2v) is 18.6. The van der Waals surface area contributed by atoms with Crippen molar-refractivity contribution in [1.29, 1.82) is 0 Å². The van der Waals surface area contributed by atoms with Gasteiger partial charge in [-0.2, -0.15) is 0 Å². The van der Waals surface area contributed by atoms with Crippen LogP contribution in [0.5, 0.6) is 0 Å². The van der Waals surface area contributed by atoms with Crippen molar-refractivity contribution in [3.05, 3.63) is 42.0 Å². The molecule has 1 aromatic carbocycles. The SMILES string of the molecule is C=C(C)C(=O)OCC(CO)CCC[Si](C)(C)c1ccc(C2CCC(C3CCC(CCCCC)CC3)CC2)cc1. The Morgan fingerprint density at radius 1 is 0.974 bits per heavy atom. The van der Waals surface area contributed by atoms with E-state index < -0.39 is 8.07 Å². The van der Waals surface area contributed by atoms with Crippen LogP contribution in [0.4, 0.5) is 0 Å². The Labute approximate surface area is 241 Å². The molecule has 3 nitrogen and oxygen atoms in total. The molecule has 1 atom stereocenters. The van der Waals surface area contributed by atoms with E-state index in [2.05, 4.69) is 50.9 Å². The fraction of sp³-hybridized carbons (Fsp3) is 0.743.